The van der Waals surface area contributed by atoms with Gasteiger partial charge in [0, 0.05) is 18.8 Å². The van der Waals surface area contributed by atoms with Gasteiger partial charge in [0.15, 0.2) is 5.82 Å². The topological polar surface area (TPSA) is 127 Å². The summed E-state index contributed by atoms with van der Waals surface area (Å²) < 4.78 is 27.7. The summed E-state index contributed by atoms with van der Waals surface area (Å²) in [5.41, 5.74) is 1.44. The number of nitrogens with zero attached hydrogens (tertiary/aromatic N) is 2. The van der Waals surface area contributed by atoms with Crippen LogP contribution in [-0.2, 0) is 4.57 Å². The third kappa shape index (κ3) is 5.94. The predicted octanol–water partition coefficient (Wildman–Crippen LogP) is 4.87. The highest BCUT2D eigenvalue weighted by Crippen LogP contribution is 2.41. The largest absolute Gasteiger partial charge is 0.497 e. The fourth-order valence-electron chi connectivity index (χ4n) is 2.74. The van der Waals surface area contributed by atoms with E-state index in [0.717, 1.165) is 0 Å². The Labute approximate surface area is 190 Å². The van der Waals surface area contributed by atoms with Crippen LogP contribution in [0.5, 0.6) is 17.2 Å². The highest BCUT2D eigenvalue weighted by Gasteiger charge is 2.16. The van der Waals surface area contributed by atoms with Crippen molar-refractivity contribution in [3.05, 3.63) is 47.6 Å². The monoisotopic (exact) mass is 479 g/mol. The molecular weight excluding hydrogens is 457 g/mol. The van der Waals surface area contributed by atoms with Crippen molar-refractivity contribution in [1.82, 2.24) is 9.97 Å². The number of ether oxygens (including phenoxy) is 3. The quantitative estimate of drug-likeness (QED) is 0.315. The van der Waals surface area contributed by atoms with E-state index in [-0.39, 0.29) is 16.8 Å². The molecule has 1 unspecified atom stereocenters. The number of hydrogen-bond donors (Lipinski definition) is 4. The van der Waals surface area contributed by atoms with E-state index in [0.29, 0.717) is 34.3 Å². The van der Waals surface area contributed by atoms with Gasteiger partial charge in [0.05, 0.1) is 44.6 Å². The number of nitrogens with one attached hydrogen (secondary N) is 3. The average Bonchev–Trinajstić information content (AvgIpc) is 2.76. The maximum Gasteiger partial charge on any atom is 0.288 e. The molecule has 0 aliphatic rings. The molecule has 32 heavy (non-hydrogen) atoms. The third-order valence-corrected chi connectivity index (χ3v) is 5.14. The Morgan fingerprint density at radius 3 is 2.22 bits per heavy atom. The predicted molar refractivity (Wildman–Crippen MR) is 126 cm³/mol. The van der Waals surface area contributed by atoms with Crippen LogP contribution in [-0.4, -0.2) is 42.9 Å². The second kappa shape index (κ2) is 9.95. The maximum atomic E-state index is 11.9. The molecule has 0 spiro atoms. The van der Waals surface area contributed by atoms with Crippen LogP contribution in [0.4, 0.5) is 28.8 Å². The van der Waals surface area contributed by atoms with Crippen molar-refractivity contribution in [2.45, 2.75) is 0 Å². The number of benzene rings is 2. The van der Waals surface area contributed by atoms with E-state index in [4.69, 9.17) is 25.8 Å². The summed E-state index contributed by atoms with van der Waals surface area (Å²) in [6, 6.07) is 10.2. The molecule has 0 aliphatic carbocycles. The first-order chi connectivity index (χ1) is 15.2. The molecule has 2 aromatic carbocycles. The van der Waals surface area contributed by atoms with Crippen LogP contribution in [0.25, 0.3) is 0 Å². The molecule has 0 saturated heterocycles. The lowest BCUT2D eigenvalue weighted by molar-refractivity contribution is 0.395. The fraction of sp³-hybridized carbons (Fsp3) is 0.200. The van der Waals surface area contributed by atoms with E-state index >= 15 is 0 Å². The van der Waals surface area contributed by atoms with Crippen molar-refractivity contribution < 1.29 is 23.7 Å². The van der Waals surface area contributed by atoms with E-state index in [2.05, 4.69) is 25.7 Å². The number of methoxy groups -OCH3 is 3. The zero-order chi connectivity index (χ0) is 23.3. The highest BCUT2D eigenvalue weighted by molar-refractivity contribution is 7.58. The van der Waals surface area contributed by atoms with Gasteiger partial charge >= 0.3 is 0 Å². The highest BCUT2D eigenvalue weighted by atomic mass is 35.5. The number of halogens is 1. The van der Waals surface area contributed by atoms with Crippen LogP contribution in [0.2, 0.25) is 5.02 Å². The van der Waals surface area contributed by atoms with E-state index in [1.807, 2.05) is 0 Å². The molecule has 3 aromatic rings. The zero-order valence-corrected chi connectivity index (χ0v) is 19.5. The Morgan fingerprint density at radius 1 is 0.938 bits per heavy atom. The van der Waals surface area contributed by atoms with Crippen molar-refractivity contribution in [2.75, 3.05) is 43.7 Å². The minimum absolute atomic E-state index is 0.252. The van der Waals surface area contributed by atoms with E-state index < -0.39 is 7.52 Å². The first-order valence-electron chi connectivity index (χ1n) is 9.27. The van der Waals surface area contributed by atoms with Crippen molar-refractivity contribution in [2.24, 2.45) is 0 Å². The van der Waals surface area contributed by atoms with Crippen LogP contribution in [0, 0.1) is 0 Å². The lowest BCUT2D eigenvalue weighted by Crippen LogP contribution is -2.04. The first-order valence-corrected chi connectivity index (χ1v) is 11.8. The van der Waals surface area contributed by atoms with Gasteiger partial charge < -0.3 is 34.8 Å². The molecule has 0 bridgehead atoms. The molecule has 12 heteroatoms. The molecule has 1 atom stereocenters. The molecule has 0 aliphatic heterocycles. The lowest BCUT2D eigenvalue weighted by Gasteiger charge is -2.17. The Balaban J connectivity index is 1.91. The minimum Gasteiger partial charge on any atom is -0.497 e. The number of rotatable bonds is 9. The molecular formula is C20H23ClN5O5P. The first kappa shape index (κ1) is 23.5. The van der Waals surface area contributed by atoms with Crippen LogP contribution >= 0.6 is 19.1 Å². The van der Waals surface area contributed by atoms with Gasteiger partial charge in [-0.25, -0.2) is 4.98 Å². The Bertz CT molecular complexity index is 1160. The minimum atomic E-state index is -3.58. The zero-order valence-electron chi connectivity index (χ0n) is 17.8. The Hall–Kier alpha value is -3.20. The second-order valence-corrected chi connectivity index (χ2v) is 9.00. The molecule has 0 fully saturated rings. The summed E-state index contributed by atoms with van der Waals surface area (Å²) in [7, 11) is 1.03. The molecule has 0 saturated carbocycles. The van der Waals surface area contributed by atoms with Crippen LogP contribution in [0.15, 0.2) is 42.6 Å². The molecule has 4 N–H and O–H groups in total. The summed E-state index contributed by atoms with van der Waals surface area (Å²) in [5.74, 6) is 2.23. The van der Waals surface area contributed by atoms with Crippen molar-refractivity contribution in [3.8, 4) is 17.2 Å². The smallest absolute Gasteiger partial charge is 0.288 e. The maximum absolute atomic E-state index is 11.9. The van der Waals surface area contributed by atoms with Crippen LogP contribution in [0.3, 0.4) is 0 Å². The van der Waals surface area contributed by atoms with Gasteiger partial charge in [-0.1, -0.05) is 11.6 Å². The normalized spacial score (nSPS) is 12.4. The van der Waals surface area contributed by atoms with Crippen molar-refractivity contribution in [1.29, 1.82) is 0 Å². The standard InChI is InChI=1S/C20H23ClN5O5P/c1-29-12-5-7-15(17(9-12)26-32(4,27)28)23-19-14(21)11-22-20(25-19)24-16-8-6-13(30-2)10-18(16)31-3/h5-11H,1-4H3,(H2,26,27,28)(H2,22,23,24,25). The van der Waals surface area contributed by atoms with E-state index in [1.54, 1.807) is 50.6 Å². The van der Waals surface area contributed by atoms with Crippen LogP contribution < -0.4 is 29.9 Å². The SMILES string of the molecule is COc1ccc(Nc2nc(Nc3ccc(OC)cc3OC)ncc2Cl)c(NP(C)(=O)O)c1. The van der Waals surface area contributed by atoms with Crippen LogP contribution in [0.1, 0.15) is 0 Å². The van der Waals surface area contributed by atoms with Crippen molar-refractivity contribution >= 4 is 47.9 Å². The average molecular weight is 480 g/mol. The number of hydrogen-bond acceptors (Lipinski definition) is 8. The van der Waals surface area contributed by atoms with Gasteiger partial charge in [-0.3, -0.25) is 4.57 Å². The van der Waals surface area contributed by atoms with Crippen molar-refractivity contribution in [3.63, 3.8) is 0 Å². The summed E-state index contributed by atoms with van der Waals surface area (Å²) in [4.78, 5) is 18.4. The van der Waals surface area contributed by atoms with E-state index in [1.165, 1.54) is 20.0 Å². The molecule has 1 aromatic heterocycles. The van der Waals surface area contributed by atoms with Gasteiger partial charge in [0.1, 0.15) is 22.3 Å². The van der Waals surface area contributed by atoms with Gasteiger partial charge in [-0.2, -0.15) is 4.98 Å². The molecule has 0 amide bonds. The summed E-state index contributed by atoms with van der Waals surface area (Å²) in [5, 5.41) is 8.98. The third-order valence-electron chi connectivity index (χ3n) is 4.21. The van der Waals surface area contributed by atoms with Gasteiger partial charge in [0.2, 0.25) is 5.95 Å². The van der Waals surface area contributed by atoms with Gasteiger partial charge in [-0.05, 0) is 24.3 Å². The lowest BCUT2D eigenvalue weighted by atomic mass is 10.2. The molecule has 10 nitrogen and oxygen atoms in total. The van der Waals surface area contributed by atoms with Gasteiger partial charge in [0.25, 0.3) is 7.52 Å². The molecule has 1 heterocycles. The van der Waals surface area contributed by atoms with E-state index in [9.17, 15) is 9.46 Å². The summed E-state index contributed by atoms with van der Waals surface area (Å²) >= 11 is 6.29. The number of aromatic nitrogens is 2. The summed E-state index contributed by atoms with van der Waals surface area (Å²) in [6.45, 7) is 1.19. The molecule has 0 radical (unpaired) electrons. The molecule has 170 valence electrons. The Morgan fingerprint density at radius 2 is 1.59 bits per heavy atom. The summed E-state index contributed by atoms with van der Waals surface area (Å²) in [6.07, 6.45) is 1.43. The second-order valence-electron chi connectivity index (χ2n) is 6.61. The number of anilines is 5. The fourth-order valence-corrected chi connectivity index (χ4v) is 3.51. The Kier molecular flexibility index (Phi) is 7.29. The van der Waals surface area contributed by atoms with Gasteiger partial charge in [-0.15, -0.1) is 0 Å². The molecule has 3 rings (SSSR count).